The molecule has 0 radical (unpaired) electrons. The lowest BCUT2D eigenvalue weighted by Gasteiger charge is -2.22. The minimum atomic E-state index is -4.64. The molecular weight excluding hydrogens is 358 g/mol. The van der Waals surface area contributed by atoms with Crippen LogP contribution in [-0.4, -0.2) is 18.8 Å². The second-order valence-corrected chi connectivity index (χ2v) is 7.79. The van der Waals surface area contributed by atoms with Gasteiger partial charge in [0.05, 0.1) is 10.5 Å². The van der Waals surface area contributed by atoms with Crippen molar-refractivity contribution >= 4 is 10.0 Å². The number of halogens is 4. The van der Waals surface area contributed by atoms with Crippen molar-refractivity contribution in [2.75, 3.05) is 0 Å². The molecule has 134 valence electrons. The third-order valence-electron chi connectivity index (χ3n) is 4.01. The minimum Gasteiger partial charge on any atom is -0.207 e. The highest BCUT2D eigenvalue weighted by atomic mass is 32.2. The average molecular weight is 373 g/mol. The van der Waals surface area contributed by atoms with Crippen LogP contribution < -0.4 is 0 Å². The standard InChI is InChI=1S/C17H15F4NO2S/c18-16-7-2-1-4-12(16)11-22(14-8-9-14)25(23,24)15-6-3-5-13(10-15)17(19,20)21/h1-7,10,14H,8-9,11H2. The van der Waals surface area contributed by atoms with Crippen molar-refractivity contribution in [3.8, 4) is 0 Å². The molecule has 1 aliphatic carbocycles. The maximum atomic E-state index is 13.9. The maximum absolute atomic E-state index is 13.9. The SMILES string of the molecule is O=S(=O)(c1cccc(C(F)(F)F)c1)N(Cc1ccccc1F)C1CC1. The second-order valence-electron chi connectivity index (χ2n) is 5.90. The molecule has 1 fully saturated rings. The Labute approximate surface area is 142 Å². The molecule has 25 heavy (non-hydrogen) atoms. The summed E-state index contributed by atoms with van der Waals surface area (Å²) in [4.78, 5) is -0.439. The molecule has 0 spiro atoms. The zero-order valence-electron chi connectivity index (χ0n) is 13.0. The number of nitrogens with zero attached hydrogens (tertiary/aromatic N) is 1. The molecule has 3 rings (SSSR count). The zero-order chi connectivity index (χ0) is 18.2. The summed E-state index contributed by atoms with van der Waals surface area (Å²) >= 11 is 0. The number of alkyl halides is 3. The number of hydrogen-bond acceptors (Lipinski definition) is 2. The summed E-state index contributed by atoms with van der Waals surface area (Å²) in [6, 6.07) is 9.06. The van der Waals surface area contributed by atoms with Crippen molar-refractivity contribution in [2.45, 2.75) is 36.5 Å². The van der Waals surface area contributed by atoms with Crippen LogP contribution in [0.15, 0.2) is 53.4 Å². The summed E-state index contributed by atoms with van der Waals surface area (Å²) in [7, 11) is -4.17. The topological polar surface area (TPSA) is 37.4 Å². The Balaban J connectivity index is 1.97. The lowest BCUT2D eigenvalue weighted by atomic mass is 10.2. The van der Waals surface area contributed by atoms with E-state index in [0.29, 0.717) is 18.9 Å². The van der Waals surface area contributed by atoms with E-state index in [1.165, 1.54) is 18.2 Å². The van der Waals surface area contributed by atoms with E-state index in [0.717, 1.165) is 22.5 Å². The van der Waals surface area contributed by atoms with Gasteiger partial charge in [-0.2, -0.15) is 17.5 Å². The smallest absolute Gasteiger partial charge is 0.207 e. The van der Waals surface area contributed by atoms with Crippen LogP contribution in [0.5, 0.6) is 0 Å². The van der Waals surface area contributed by atoms with Crippen LogP contribution in [0.3, 0.4) is 0 Å². The average Bonchev–Trinajstić information content (AvgIpc) is 3.38. The Hall–Kier alpha value is -1.93. The molecule has 0 aromatic heterocycles. The fourth-order valence-electron chi connectivity index (χ4n) is 2.54. The normalized spacial score (nSPS) is 15.6. The van der Waals surface area contributed by atoms with E-state index in [1.54, 1.807) is 6.07 Å². The van der Waals surface area contributed by atoms with Gasteiger partial charge >= 0.3 is 6.18 Å². The van der Waals surface area contributed by atoms with Crippen LogP contribution in [-0.2, 0) is 22.7 Å². The van der Waals surface area contributed by atoms with Crippen LogP contribution >= 0.6 is 0 Å². The van der Waals surface area contributed by atoms with Crippen LogP contribution in [0.25, 0.3) is 0 Å². The fourth-order valence-corrected chi connectivity index (χ4v) is 4.25. The van der Waals surface area contributed by atoms with E-state index in [9.17, 15) is 26.0 Å². The maximum Gasteiger partial charge on any atom is 0.416 e. The summed E-state index contributed by atoms with van der Waals surface area (Å²) in [5, 5.41) is 0. The molecule has 0 amide bonds. The van der Waals surface area contributed by atoms with Crippen LogP contribution in [0.1, 0.15) is 24.0 Å². The molecule has 0 heterocycles. The minimum absolute atomic E-state index is 0.185. The predicted molar refractivity (Wildman–Crippen MR) is 83.6 cm³/mol. The molecule has 1 aliphatic rings. The number of rotatable bonds is 5. The van der Waals surface area contributed by atoms with Gasteiger partial charge in [0.15, 0.2) is 0 Å². The summed E-state index contributed by atoms with van der Waals surface area (Å²) in [5.41, 5.74) is -0.847. The summed E-state index contributed by atoms with van der Waals surface area (Å²) in [5.74, 6) is -0.549. The highest BCUT2D eigenvalue weighted by Gasteiger charge is 2.39. The Morgan fingerprint density at radius 1 is 1.04 bits per heavy atom. The van der Waals surface area contributed by atoms with Gasteiger partial charge in [0.2, 0.25) is 10.0 Å². The van der Waals surface area contributed by atoms with Gasteiger partial charge in [0, 0.05) is 18.2 Å². The highest BCUT2D eigenvalue weighted by Crippen LogP contribution is 2.36. The van der Waals surface area contributed by atoms with Gasteiger partial charge in [-0.25, -0.2) is 12.8 Å². The van der Waals surface area contributed by atoms with Crippen molar-refractivity contribution in [2.24, 2.45) is 0 Å². The molecule has 0 aliphatic heterocycles. The van der Waals surface area contributed by atoms with Crippen LogP contribution in [0.4, 0.5) is 17.6 Å². The van der Waals surface area contributed by atoms with Crippen LogP contribution in [0, 0.1) is 5.82 Å². The fraction of sp³-hybridized carbons (Fsp3) is 0.294. The van der Waals surface area contributed by atoms with Crippen molar-refractivity contribution in [1.29, 1.82) is 0 Å². The molecule has 0 saturated heterocycles. The van der Waals surface area contributed by atoms with E-state index in [1.807, 2.05) is 0 Å². The van der Waals surface area contributed by atoms with Gasteiger partial charge in [-0.15, -0.1) is 0 Å². The van der Waals surface area contributed by atoms with Gasteiger partial charge in [-0.05, 0) is 37.1 Å². The van der Waals surface area contributed by atoms with Crippen LogP contribution in [0.2, 0.25) is 0 Å². The monoisotopic (exact) mass is 373 g/mol. The van der Waals surface area contributed by atoms with Gasteiger partial charge < -0.3 is 0 Å². The second kappa shape index (κ2) is 6.42. The van der Waals surface area contributed by atoms with E-state index in [2.05, 4.69) is 0 Å². The number of hydrogen-bond donors (Lipinski definition) is 0. The Morgan fingerprint density at radius 3 is 2.32 bits per heavy atom. The number of benzene rings is 2. The van der Waals surface area contributed by atoms with Gasteiger partial charge in [0.1, 0.15) is 5.82 Å². The molecule has 0 bridgehead atoms. The van der Waals surface area contributed by atoms with Crippen molar-refractivity contribution in [3.05, 3.63) is 65.5 Å². The first kappa shape index (κ1) is 17.9. The predicted octanol–water partition coefficient (Wildman–Crippen LogP) is 4.20. The third kappa shape index (κ3) is 3.85. The molecule has 2 aromatic rings. The first-order valence-corrected chi connectivity index (χ1v) is 9.06. The molecule has 0 N–H and O–H groups in total. The quantitative estimate of drug-likeness (QED) is 0.737. The summed E-state index contributed by atoms with van der Waals surface area (Å²) < 4.78 is 79.3. The van der Waals surface area contributed by atoms with Crippen molar-refractivity contribution < 1.29 is 26.0 Å². The Kier molecular flexibility index (Phi) is 4.59. The summed E-state index contributed by atoms with van der Waals surface area (Å²) in [6.45, 7) is -0.212. The van der Waals surface area contributed by atoms with Gasteiger partial charge in [0.25, 0.3) is 0 Å². The van der Waals surface area contributed by atoms with Crippen molar-refractivity contribution in [3.63, 3.8) is 0 Å². The van der Waals surface area contributed by atoms with Gasteiger partial charge in [-0.1, -0.05) is 24.3 Å². The van der Waals surface area contributed by atoms with E-state index in [4.69, 9.17) is 0 Å². The molecule has 0 unspecified atom stereocenters. The molecule has 2 aromatic carbocycles. The molecule has 1 saturated carbocycles. The lowest BCUT2D eigenvalue weighted by Crippen LogP contribution is -2.33. The molecule has 3 nitrogen and oxygen atoms in total. The van der Waals surface area contributed by atoms with E-state index in [-0.39, 0.29) is 18.2 Å². The molecular formula is C17H15F4NO2S. The van der Waals surface area contributed by atoms with E-state index >= 15 is 0 Å². The molecule has 0 atom stereocenters. The first-order chi connectivity index (χ1) is 11.7. The zero-order valence-corrected chi connectivity index (χ0v) is 13.8. The van der Waals surface area contributed by atoms with Gasteiger partial charge in [-0.3, -0.25) is 0 Å². The molecule has 8 heteroatoms. The van der Waals surface area contributed by atoms with E-state index < -0.39 is 32.5 Å². The largest absolute Gasteiger partial charge is 0.416 e. The Morgan fingerprint density at radius 2 is 1.72 bits per heavy atom. The first-order valence-electron chi connectivity index (χ1n) is 7.62. The third-order valence-corrected chi connectivity index (χ3v) is 5.90. The van der Waals surface area contributed by atoms with Crippen molar-refractivity contribution in [1.82, 2.24) is 4.31 Å². The summed E-state index contributed by atoms with van der Waals surface area (Å²) in [6.07, 6.45) is -3.43. The Bertz CT molecular complexity index is 876. The number of sulfonamides is 1. The highest BCUT2D eigenvalue weighted by molar-refractivity contribution is 7.89. The lowest BCUT2D eigenvalue weighted by molar-refractivity contribution is -0.137.